The summed E-state index contributed by atoms with van der Waals surface area (Å²) in [6.07, 6.45) is 0.290. The maximum Gasteiger partial charge on any atom is 0.232 e. The van der Waals surface area contributed by atoms with E-state index >= 15 is 0 Å². The number of carbonyl (C=O) groups excluding carboxylic acids is 2. The van der Waals surface area contributed by atoms with Crippen LogP contribution in [-0.4, -0.2) is 30.7 Å². The highest BCUT2D eigenvalue weighted by molar-refractivity contribution is 7.99. The van der Waals surface area contributed by atoms with Crippen molar-refractivity contribution in [3.8, 4) is 0 Å². The van der Waals surface area contributed by atoms with Crippen LogP contribution in [0.4, 0.5) is 11.4 Å². The molecular weight excluding hydrogens is 344 g/mol. The largest absolute Gasteiger partial charge is 0.311 e. The maximum atomic E-state index is 13.2. The van der Waals surface area contributed by atoms with Gasteiger partial charge in [-0.15, -0.1) is 11.8 Å². The molecule has 0 aliphatic carbocycles. The molecule has 0 spiro atoms. The molecule has 0 N–H and O–H groups in total. The molecule has 2 aromatic rings. The molecule has 2 aliphatic heterocycles. The summed E-state index contributed by atoms with van der Waals surface area (Å²) in [5.74, 6) is 0.721. The van der Waals surface area contributed by atoms with Crippen molar-refractivity contribution in [2.75, 3.05) is 28.6 Å². The molecular formula is C21H22N2O2S. The van der Waals surface area contributed by atoms with Crippen molar-refractivity contribution in [3.05, 3.63) is 53.6 Å². The monoisotopic (exact) mass is 366 g/mol. The molecule has 4 nitrogen and oxygen atoms in total. The SMILES string of the molecule is Cc1cccc(N2CC(C(=O)N3CCSc4ccccc43)CC2=O)c1C. The molecule has 2 heterocycles. The molecule has 5 heteroatoms. The Morgan fingerprint density at radius 1 is 1.08 bits per heavy atom. The number of benzene rings is 2. The predicted octanol–water partition coefficient (Wildman–Crippen LogP) is 3.80. The van der Waals surface area contributed by atoms with E-state index in [9.17, 15) is 9.59 Å². The number of para-hydroxylation sites is 1. The highest BCUT2D eigenvalue weighted by atomic mass is 32.2. The van der Waals surface area contributed by atoms with Crippen LogP contribution >= 0.6 is 11.8 Å². The second kappa shape index (κ2) is 6.80. The molecule has 26 heavy (non-hydrogen) atoms. The summed E-state index contributed by atoms with van der Waals surface area (Å²) in [6.45, 7) is 5.25. The van der Waals surface area contributed by atoms with Gasteiger partial charge in [-0.3, -0.25) is 9.59 Å². The lowest BCUT2D eigenvalue weighted by Gasteiger charge is -2.31. The molecule has 134 valence electrons. The van der Waals surface area contributed by atoms with E-state index in [1.54, 1.807) is 16.7 Å². The van der Waals surface area contributed by atoms with Crippen molar-refractivity contribution in [2.45, 2.75) is 25.2 Å². The zero-order valence-corrected chi connectivity index (χ0v) is 15.9. The number of hydrogen-bond donors (Lipinski definition) is 0. The summed E-state index contributed by atoms with van der Waals surface area (Å²) in [5, 5.41) is 0. The van der Waals surface area contributed by atoms with Crippen molar-refractivity contribution in [3.63, 3.8) is 0 Å². The van der Waals surface area contributed by atoms with Crippen molar-refractivity contribution in [2.24, 2.45) is 5.92 Å². The fourth-order valence-electron chi connectivity index (χ4n) is 3.75. The third-order valence-corrected chi connectivity index (χ3v) is 6.38. The van der Waals surface area contributed by atoms with Gasteiger partial charge in [-0.1, -0.05) is 24.3 Å². The van der Waals surface area contributed by atoms with E-state index in [0.717, 1.165) is 33.2 Å². The summed E-state index contributed by atoms with van der Waals surface area (Å²) >= 11 is 1.78. The van der Waals surface area contributed by atoms with E-state index < -0.39 is 0 Å². The molecule has 0 radical (unpaired) electrons. The quantitative estimate of drug-likeness (QED) is 0.812. The van der Waals surface area contributed by atoms with Gasteiger partial charge in [-0.05, 0) is 43.2 Å². The van der Waals surface area contributed by atoms with Crippen LogP contribution < -0.4 is 9.80 Å². The lowest BCUT2D eigenvalue weighted by atomic mass is 10.1. The Balaban J connectivity index is 1.58. The van der Waals surface area contributed by atoms with Gasteiger partial charge in [-0.25, -0.2) is 0 Å². The van der Waals surface area contributed by atoms with E-state index in [0.29, 0.717) is 13.1 Å². The minimum absolute atomic E-state index is 0.0386. The maximum absolute atomic E-state index is 13.2. The molecule has 0 aromatic heterocycles. The van der Waals surface area contributed by atoms with E-state index in [1.165, 1.54) is 0 Å². The minimum Gasteiger partial charge on any atom is -0.311 e. The van der Waals surface area contributed by atoms with Gasteiger partial charge in [0.15, 0.2) is 0 Å². The van der Waals surface area contributed by atoms with Gasteiger partial charge in [0.1, 0.15) is 0 Å². The third kappa shape index (κ3) is 2.90. The first-order valence-electron chi connectivity index (χ1n) is 8.96. The van der Waals surface area contributed by atoms with Crippen molar-refractivity contribution >= 4 is 35.0 Å². The normalized spacial score (nSPS) is 19.6. The summed E-state index contributed by atoms with van der Waals surface area (Å²) in [7, 11) is 0. The average molecular weight is 366 g/mol. The van der Waals surface area contributed by atoms with Gasteiger partial charge >= 0.3 is 0 Å². The lowest BCUT2D eigenvalue weighted by Crippen LogP contribution is -2.40. The third-order valence-electron chi connectivity index (χ3n) is 5.34. The number of amides is 2. The topological polar surface area (TPSA) is 40.6 Å². The molecule has 0 bridgehead atoms. The molecule has 1 fully saturated rings. The van der Waals surface area contributed by atoms with Crippen LogP contribution in [0.5, 0.6) is 0 Å². The van der Waals surface area contributed by atoms with E-state index in [4.69, 9.17) is 0 Å². The highest BCUT2D eigenvalue weighted by Crippen LogP contribution is 2.37. The van der Waals surface area contributed by atoms with Crippen molar-refractivity contribution < 1.29 is 9.59 Å². The molecule has 1 atom stereocenters. The Kier molecular flexibility index (Phi) is 4.49. The van der Waals surface area contributed by atoms with Gasteiger partial charge in [0.05, 0.1) is 11.6 Å². The van der Waals surface area contributed by atoms with E-state index in [-0.39, 0.29) is 24.2 Å². The van der Waals surface area contributed by atoms with E-state index in [1.807, 2.05) is 55.1 Å². The first kappa shape index (κ1) is 17.2. The van der Waals surface area contributed by atoms with E-state index in [2.05, 4.69) is 6.07 Å². The summed E-state index contributed by atoms with van der Waals surface area (Å²) < 4.78 is 0. The van der Waals surface area contributed by atoms with Gasteiger partial charge in [0.2, 0.25) is 11.8 Å². The number of carbonyl (C=O) groups is 2. The van der Waals surface area contributed by atoms with Crippen LogP contribution in [-0.2, 0) is 9.59 Å². The minimum atomic E-state index is -0.279. The summed E-state index contributed by atoms with van der Waals surface area (Å²) in [5.41, 5.74) is 4.17. The van der Waals surface area contributed by atoms with Crippen LogP contribution in [0.1, 0.15) is 17.5 Å². The summed E-state index contributed by atoms with van der Waals surface area (Å²) in [4.78, 5) is 30.6. The Morgan fingerprint density at radius 2 is 1.85 bits per heavy atom. The predicted molar refractivity (Wildman–Crippen MR) is 106 cm³/mol. The van der Waals surface area contributed by atoms with Gasteiger partial charge in [-0.2, -0.15) is 0 Å². The van der Waals surface area contributed by atoms with Crippen molar-refractivity contribution in [1.82, 2.24) is 0 Å². The first-order chi connectivity index (χ1) is 12.6. The number of aryl methyl sites for hydroxylation is 1. The Hall–Kier alpha value is -2.27. The summed E-state index contributed by atoms with van der Waals surface area (Å²) in [6, 6.07) is 14.0. The van der Waals surface area contributed by atoms with Gasteiger partial charge in [0.25, 0.3) is 0 Å². The fourth-order valence-corrected chi connectivity index (χ4v) is 4.75. The highest BCUT2D eigenvalue weighted by Gasteiger charge is 2.39. The second-order valence-electron chi connectivity index (χ2n) is 6.93. The first-order valence-corrected chi connectivity index (χ1v) is 9.94. The van der Waals surface area contributed by atoms with Crippen LogP contribution in [0.25, 0.3) is 0 Å². The zero-order valence-electron chi connectivity index (χ0n) is 15.1. The molecule has 2 aromatic carbocycles. The van der Waals surface area contributed by atoms with Gasteiger partial charge < -0.3 is 9.80 Å². The Morgan fingerprint density at radius 3 is 2.69 bits per heavy atom. The number of hydrogen-bond acceptors (Lipinski definition) is 3. The number of rotatable bonds is 2. The molecule has 1 unspecified atom stereocenters. The number of anilines is 2. The molecule has 2 aliphatic rings. The van der Waals surface area contributed by atoms with Crippen molar-refractivity contribution in [1.29, 1.82) is 0 Å². The lowest BCUT2D eigenvalue weighted by molar-refractivity contribution is -0.124. The fraction of sp³-hybridized carbons (Fsp3) is 0.333. The standard InChI is InChI=1S/C21H22N2O2S/c1-14-6-5-8-17(15(14)2)23-13-16(12-20(23)24)21(25)22-10-11-26-19-9-4-3-7-18(19)22/h3-9,16H,10-13H2,1-2H3. The molecule has 2 amide bonds. The van der Waals surface area contributed by atoms with Crippen LogP contribution in [0.15, 0.2) is 47.4 Å². The van der Waals surface area contributed by atoms with Gasteiger partial charge in [0, 0.05) is 35.8 Å². The smallest absolute Gasteiger partial charge is 0.232 e. The molecule has 0 saturated carbocycles. The Labute approximate surface area is 158 Å². The second-order valence-corrected chi connectivity index (χ2v) is 8.07. The molecule has 1 saturated heterocycles. The number of nitrogens with zero attached hydrogens (tertiary/aromatic N) is 2. The number of fused-ring (bicyclic) bond motifs is 1. The van der Waals surface area contributed by atoms with Crippen LogP contribution in [0.3, 0.4) is 0 Å². The average Bonchev–Trinajstić information content (AvgIpc) is 3.04. The van der Waals surface area contributed by atoms with Crippen LogP contribution in [0, 0.1) is 19.8 Å². The Bertz CT molecular complexity index is 880. The molecule has 4 rings (SSSR count). The van der Waals surface area contributed by atoms with Crippen LogP contribution in [0.2, 0.25) is 0 Å². The number of thioether (sulfide) groups is 1. The zero-order chi connectivity index (χ0) is 18.3.